The van der Waals surface area contributed by atoms with Gasteiger partial charge in [-0.1, -0.05) is 12.1 Å². The molecular formula is C23H23N3O5. The average Bonchev–Trinajstić information content (AvgIpc) is 3.38. The molecule has 0 atom stereocenters. The number of carbonyl (C=O) groups is 1. The Kier molecular flexibility index (Phi) is 4.89. The van der Waals surface area contributed by atoms with Crippen molar-refractivity contribution in [3.05, 3.63) is 65.0 Å². The van der Waals surface area contributed by atoms with E-state index in [4.69, 9.17) is 18.9 Å². The zero-order valence-electron chi connectivity index (χ0n) is 17.5. The van der Waals surface area contributed by atoms with Crippen molar-refractivity contribution in [2.75, 3.05) is 20.0 Å². The second-order valence-electron chi connectivity index (χ2n) is 7.62. The molecule has 0 N–H and O–H groups in total. The number of carbonyl (C=O) groups excluding carboxylic acids is 1. The lowest BCUT2D eigenvalue weighted by molar-refractivity contribution is 0.0722. The SMILES string of the molecule is Cc1cc(C(=O)N(Cc2ccc3c(c2)OCCO3)Cc2ccc3c(c2)OCO3)nn1C. The van der Waals surface area contributed by atoms with Crippen LogP contribution in [0.1, 0.15) is 27.3 Å². The lowest BCUT2D eigenvalue weighted by Gasteiger charge is -2.24. The largest absolute Gasteiger partial charge is 0.486 e. The van der Waals surface area contributed by atoms with Crippen LogP contribution in [-0.2, 0) is 20.1 Å². The van der Waals surface area contributed by atoms with Crippen LogP contribution in [-0.4, -0.2) is 40.6 Å². The highest BCUT2D eigenvalue weighted by Crippen LogP contribution is 2.34. The topological polar surface area (TPSA) is 75.1 Å². The fourth-order valence-corrected chi connectivity index (χ4v) is 3.69. The highest BCUT2D eigenvalue weighted by molar-refractivity contribution is 5.92. The van der Waals surface area contributed by atoms with Crippen molar-refractivity contribution in [1.82, 2.24) is 14.7 Å². The Balaban J connectivity index is 1.44. The highest BCUT2D eigenvalue weighted by Gasteiger charge is 2.22. The van der Waals surface area contributed by atoms with Gasteiger partial charge in [0, 0.05) is 25.8 Å². The van der Waals surface area contributed by atoms with E-state index in [-0.39, 0.29) is 12.7 Å². The molecule has 1 amide bonds. The Morgan fingerprint density at radius 1 is 0.903 bits per heavy atom. The molecule has 8 nitrogen and oxygen atoms in total. The van der Waals surface area contributed by atoms with E-state index in [1.165, 1.54) is 0 Å². The maximum absolute atomic E-state index is 13.4. The Morgan fingerprint density at radius 3 is 2.13 bits per heavy atom. The first-order chi connectivity index (χ1) is 15.1. The summed E-state index contributed by atoms with van der Waals surface area (Å²) >= 11 is 0. The third-order valence-electron chi connectivity index (χ3n) is 5.41. The number of nitrogens with zero attached hydrogens (tertiary/aromatic N) is 3. The van der Waals surface area contributed by atoms with Crippen molar-refractivity contribution in [2.45, 2.75) is 20.0 Å². The first-order valence-corrected chi connectivity index (χ1v) is 10.1. The van der Waals surface area contributed by atoms with Crippen LogP contribution in [0.15, 0.2) is 42.5 Å². The van der Waals surface area contributed by atoms with Gasteiger partial charge in [-0.2, -0.15) is 5.10 Å². The quantitative estimate of drug-likeness (QED) is 0.630. The molecule has 0 aliphatic carbocycles. The van der Waals surface area contributed by atoms with E-state index in [1.807, 2.05) is 50.4 Å². The summed E-state index contributed by atoms with van der Waals surface area (Å²) < 4.78 is 23.9. The van der Waals surface area contributed by atoms with Crippen molar-refractivity contribution in [2.24, 2.45) is 7.05 Å². The third-order valence-corrected chi connectivity index (χ3v) is 5.41. The fraction of sp³-hybridized carbons (Fsp3) is 0.304. The zero-order valence-corrected chi connectivity index (χ0v) is 17.5. The van der Waals surface area contributed by atoms with Gasteiger partial charge in [0.05, 0.1) is 0 Å². The third kappa shape index (κ3) is 3.88. The Labute approximate surface area is 179 Å². The molecule has 160 valence electrons. The molecular weight excluding hydrogens is 398 g/mol. The summed E-state index contributed by atoms with van der Waals surface area (Å²) in [6, 6.07) is 13.3. The standard InChI is InChI=1S/C23H23N3O5/c1-15-9-18(24-25(15)2)23(27)26(13-17-4-6-20-22(11-17)31-14-30-20)12-16-3-5-19-21(10-16)29-8-7-28-19/h3-6,9-11H,7-8,12-14H2,1-2H3. The van der Waals surface area contributed by atoms with E-state index in [0.717, 1.165) is 22.6 Å². The van der Waals surface area contributed by atoms with Gasteiger partial charge in [-0.15, -0.1) is 0 Å². The monoisotopic (exact) mass is 421 g/mol. The molecule has 2 aliphatic heterocycles. The number of hydrogen-bond donors (Lipinski definition) is 0. The molecule has 0 unspecified atom stereocenters. The minimum atomic E-state index is -0.142. The van der Waals surface area contributed by atoms with Gasteiger partial charge >= 0.3 is 0 Å². The smallest absolute Gasteiger partial charge is 0.274 e. The average molecular weight is 421 g/mol. The van der Waals surface area contributed by atoms with Crippen LogP contribution in [0.25, 0.3) is 0 Å². The summed E-state index contributed by atoms with van der Waals surface area (Å²) in [4.78, 5) is 15.1. The maximum Gasteiger partial charge on any atom is 0.274 e. The number of hydrogen-bond acceptors (Lipinski definition) is 6. The van der Waals surface area contributed by atoms with Crippen molar-refractivity contribution < 1.29 is 23.7 Å². The van der Waals surface area contributed by atoms with Crippen molar-refractivity contribution in [3.63, 3.8) is 0 Å². The van der Waals surface area contributed by atoms with E-state index in [1.54, 1.807) is 15.6 Å². The van der Waals surface area contributed by atoms with E-state index >= 15 is 0 Å². The summed E-state index contributed by atoms with van der Waals surface area (Å²) in [5.41, 5.74) is 3.23. The minimum Gasteiger partial charge on any atom is -0.486 e. The second-order valence-corrected chi connectivity index (χ2v) is 7.62. The molecule has 3 aromatic rings. The van der Waals surface area contributed by atoms with E-state index in [0.29, 0.717) is 49.2 Å². The number of rotatable bonds is 5. The first-order valence-electron chi connectivity index (χ1n) is 10.1. The van der Waals surface area contributed by atoms with Crippen LogP contribution < -0.4 is 18.9 Å². The molecule has 0 radical (unpaired) electrons. The van der Waals surface area contributed by atoms with Gasteiger partial charge in [-0.3, -0.25) is 9.48 Å². The van der Waals surface area contributed by atoms with Crippen LogP contribution >= 0.6 is 0 Å². The van der Waals surface area contributed by atoms with Gasteiger partial charge in [0.1, 0.15) is 13.2 Å². The van der Waals surface area contributed by atoms with Gasteiger partial charge in [-0.25, -0.2) is 0 Å². The van der Waals surface area contributed by atoms with Gasteiger partial charge in [0.15, 0.2) is 28.7 Å². The van der Waals surface area contributed by atoms with Gasteiger partial charge in [0.25, 0.3) is 5.91 Å². The van der Waals surface area contributed by atoms with Crippen molar-refractivity contribution in [1.29, 1.82) is 0 Å². The highest BCUT2D eigenvalue weighted by atomic mass is 16.7. The van der Waals surface area contributed by atoms with Gasteiger partial charge in [0.2, 0.25) is 6.79 Å². The molecule has 0 fully saturated rings. The van der Waals surface area contributed by atoms with Crippen LogP contribution in [0.5, 0.6) is 23.0 Å². The zero-order chi connectivity index (χ0) is 21.4. The van der Waals surface area contributed by atoms with E-state index in [9.17, 15) is 4.79 Å². The molecule has 3 heterocycles. The lowest BCUT2D eigenvalue weighted by atomic mass is 10.1. The fourth-order valence-electron chi connectivity index (χ4n) is 3.69. The van der Waals surface area contributed by atoms with Crippen LogP contribution in [0, 0.1) is 6.92 Å². The maximum atomic E-state index is 13.4. The van der Waals surface area contributed by atoms with Gasteiger partial charge in [-0.05, 0) is 48.4 Å². The van der Waals surface area contributed by atoms with E-state index < -0.39 is 0 Å². The normalized spacial score (nSPS) is 13.9. The molecule has 0 saturated carbocycles. The number of fused-ring (bicyclic) bond motifs is 2. The first kappa shape index (κ1) is 19.3. The van der Waals surface area contributed by atoms with Gasteiger partial charge < -0.3 is 23.8 Å². The Hall–Kier alpha value is -3.68. The number of aromatic nitrogens is 2. The molecule has 5 rings (SSSR count). The second kappa shape index (κ2) is 7.86. The minimum absolute atomic E-state index is 0.142. The molecule has 2 aromatic carbocycles. The van der Waals surface area contributed by atoms with Crippen LogP contribution in [0.4, 0.5) is 0 Å². The Morgan fingerprint density at radius 2 is 1.48 bits per heavy atom. The van der Waals surface area contributed by atoms with Crippen LogP contribution in [0.3, 0.4) is 0 Å². The number of amides is 1. The van der Waals surface area contributed by atoms with E-state index in [2.05, 4.69) is 5.10 Å². The van der Waals surface area contributed by atoms with Crippen LogP contribution in [0.2, 0.25) is 0 Å². The summed E-state index contributed by atoms with van der Waals surface area (Å²) in [6.07, 6.45) is 0. The summed E-state index contributed by atoms with van der Waals surface area (Å²) in [5, 5.41) is 4.38. The molecule has 2 aliphatic rings. The predicted molar refractivity (Wildman–Crippen MR) is 112 cm³/mol. The molecule has 1 aromatic heterocycles. The molecule has 8 heteroatoms. The lowest BCUT2D eigenvalue weighted by Crippen LogP contribution is -2.30. The predicted octanol–water partition coefficient (Wildman–Crippen LogP) is 3.07. The summed E-state index contributed by atoms with van der Waals surface area (Å²) in [5.74, 6) is 2.69. The summed E-state index contributed by atoms with van der Waals surface area (Å²) in [7, 11) is 1.83. The van der Waals surface area contributed by atoms with Crippen molar-refractivity contribution in [3.8, 4) is 23.0 Å². The Bertz CT molecular complexity index is 1120. The van der Waals surface area contributed by atoms with Crippen molar-refractivity contribution >= 4 is 5.91 Å². The molecule has 0 spiro atoms. The number of aryl methyl sites for hydroxylation is 2. The number of ether oxygens (including phenoxy) is 4. The number of benzene rings is 2. The molecule has 0 bridgehead atoms. The summed E-state index contributed by atoms with van der Waals surface area (Å²) in [6.45, 7) is 4.00. The molecule has 31 heavy (non-hydrogen) atoms. The molecule has 0 saturated heterocycles.